The van der Waals surface area contributed by atoms with Crippen LogP contribution in [0, 0.1) is 18.8 Å². The molecule has 1 aliphatic heterocycles. The molecule has 0 N–H and O–H groups in total. The second-order valence-electron chi connectivity index (χ2n) is 4.67. The van der Waals surface area contributed by atoms with E-state index in [-0.39, 0.29) is 6.10 Å². The minimum Gasteiger partial charge on any atom is -0.489 e. The van der Waals surface area contributed by atoms with Gasteiger partial charge in [0, 0.05) is 25.1 Å². The molecule has 1 aliphatic rings. The highest BCUT2D eigenvalue weighted by Gasteiger charge is 2.16. The van der Waals surface area contributed by atoms with Crippen LogP contribution >= 0.6 is 11.6 Å². The Morgan fingerprint density at radius 1 is 1.37 bits per heavy atom. The van der Waals surface area contributed by atoms with Crippen molar-refractivity contribution in [3.63, 3.8) is 0 Å². The molecule has 3 heteroatoms. The molecule has 1 saturated heterocycles. The monoisotopic (exact) mass is 278 g/mol. The normalized spacial score (nSPS) is 15.7. The van der Waals surface area contributed by atoms with Gasteiger partial charge in [-0.25, -0.2) is 0 Å². The van der Waals surface area contributed by atoms with Crippen LogP contribution in [0.3, 0.4) is 0 Å². The number of benzene rings is 1. The van der Waals surface area contributed by atoms with E-state index in [0.29, 0.717) is 12.3 Å². The molecule has 0 radical (unpaired) electrons. The third-order valence-corrected chi connectivity index (χ3v) is 3.23. The molecule has 1 aromatic carbocycles. The predicted molar refractivity (Wildman–Crippen MR) is 77.9 cm³/mol. The van der Waals surface area contributed by atoms with Gasteiger partial charge in [-0.3, -0.25) is 0 Å². The molecule has 0 amide bonds. The first-order valence-corrected chi connectivity index (χ1v) is 7.23. The second-order valence-corrected chi connectivity index (χ2v) is 5.05. The van der Waals surface area contributed by atoms with Crippen molar-refractivity contribution in [2.24, 2.45) is 0 Å². The Labute approximate surface area is 120 Å². The summed E-state index contributed by atoms with van der Waals surface area (Å²) in [6.07, 6.45) is 2.84. The van der Waals surface area contributed by atoms with E-state index in [4.69, 9.17) is 21.1 Å². The lowest BCUT2D eigenvalue weighted by Gasteiger charge is -2.24. The van der Waals surface area contributed by atoms with Crippen molar-refractivity contribution < 1.29 is 9.47 Å². The van der Waals surface area contributed by atoms with Crippen molar-refractivity contribution >= 4 is 11.6 Å². The van der Waals surface area contributed by atoms with Gasteiger partial charge in [0.1, 0.15) is 11.9 Å². The van der Waals surface area contributed by atoms with Crippen LogP contribution in [-0.2, 0) is 4.74 Å². The molecule has 2 nitrogen and oxygen atoms in total. The topological polar surface area (TPSA) is 18.5 Å². The first-order valence-electron chi connectivity index (χ1n) is 6.69. The van der Waals surface area contributed by atoms with E-state index in [2.05, 4.69) is 30.9 Å². The van der Waals surface area contributed by atoms with E-state index in [9.17, 15) is 0 Å². The summed E-state index contributed by atoms with van der Waals surface area (Å²) in [5.41, 5.74) is 2.14. The van der Waals surface area contributed by atoms with Gasteiger partial charge in [-0.05, 0) is 24.6 Å². The Bertz CT molecular complexity index is 467. The molecule has 1 fully saturated rings. The van der Waals surface area contributed by atoms with Crippen LogP contribution in [0.5, 0.6) is 5.75 Å². The van der Waals surface area contributed by atoms with E-state index in [1.165, 1.54) is 5.56 Å². The number of hydrogen-bond acceptors (Lipinski definition) is 2. The zero-order chi connectivity index (χ0) is 13.5. The van der Waals surface area contributed by atoms with Crippen molar-refractivity contribution in [3.8, 4) is 17.6 Å². The van der Waals surface area contributed by atoms with Gasteiger partial charge in [-0.2, -0.15) is 0 Å². The summed E-state index contributed by atoms with van der Waals surface area (Å²) < 4.78 is 11.4. The maximum atomic E-state index is 6.06. The number of aryl methyl sites for hydroxylation is 1. The van der Waals surface area contributed by atoms with Gasteiger partial charge in [-0.1, -0.05) is 17.9 Å². The van der Waals surface area contributed by atoms with Crippen molar-refractivity contribution in [2.75, 3.05) is 19.1 Å². The first-order chi connectivity index (χ1) is 9.29. The van der Waals surface area contributed by atoms with Crippen LogP contribution in [0.1, 0.15) is 30.4 Å². The summed E-state index contributed by atoms with van der Waals surface area (Å²) in [5, 5.41) is 0. The van der Waals surface area contributed by atoms with E-state index in [0.717, 1.165) is 37.4 Å². The summed E-state index contributed by atoms with van der Waals surface area (Å²) >= 11 is 5.65. The Hall–Kier alpha value is -1.17. The second kappa shape index (κ2) is 7.43. The zero-order valence-corrected chi connectivity index (χ0v) is 12.0. The lowest BCUT2D eigenvalue weighted by molar-refractivity contribution is 0.0254. The zero-order valence-electron chi connectivity index (χ0n) is 11.2. The van der Waals surface area contributed by atoms with Crippen LogP contribution < -0.4 is 4.74 Å². The minimum atomic E-state index is 0.241. The Morgan fingerprint density at radius 3 is 2.89 bits per heavy atom. The molecule has 1 aromatic rings. The summed E-state index contributed by atoms with van der Waals surface area (Å²) in [6.45, 7) is 3.62. The predicted octanol–water partition coefficient (Wildman–Crippen LogP) is 3.53. The standard InChI is InChI=1S/C16H19ClO2/c1-13-5-6-16(14(12-13)4-2-3-9-17)19-15-7-10-18-11-8-15/h5-6,12,15H,3,7-11H2,1H3. The number of ether oxygens (including phenoxy) is 2. The highest BCUT2D eigenvalue weighted by molar-refractivity contribution is 6.18. The van der Waals surface area contributed by atoms with Gasteiger partial charge in [-0.15, -0.1) is 11.6 Å². The third kappa shape index (κ3) is 4.45. The number of rotatable bonds is 3. The molecule has 2 rings (SSSR count). The summed E-state index contributed by atoms with van der Waals surface area (Å²) in [7, 11) is 0. The minimum absolute atomic E-state index is 0.241. The van der Waals surface area contributed by atoms with Crippen LogP contribution in [0.15, 0.2) is 18.2 Å². The Morgan fingerprint density at radius 2 is 2.16 bits per heavy atom. The number of alkyl halides is 1. The van der Waals surface area contributed by atoms with Crippen LogP contribution in [0.4, 0.5) is 0 Å². The van der Waals surface area contributed by atoms with Crippen molar-refractivity contribution in [3.05, 3.63) is 29.3 Å². The molecule has 0 unspecified atom stereocenters. The van der Waals surface area contributed by atoms with Crippen molar-refractivity contribution in [2.45, 2.75) is 32.3 Å². The molecular formula is C16H19ClO2. The van der Waals surface area contributed by atoms with Crippen LogP contribution in [0.25, 0.3) is 0 Å². The fourth-order valence-electron chi connectivity index (χ4n) is 2.02. The largest absolute Gasteiger partial charge is 0.489 e. The molecule has 0 saturated carbocycles. The number of halogens is 1. The first kappa shape index (κ1) is 14.2. The summed E-state index contributed by atoms with van der Waals surface area (Å²) in [5.74, 6) is 7.66. The average molecular weight is 279 g/mol. The summed E-state index contributed by atoms with van der Waals surface area (Å²) in [4.78, 5) is 0. The van der Waals surface area contributed by atoms with Crippen LogP contribution in [0.2, 0.25) is 0 Å². The highest BCUT2D eigenvalue weighted by Crippen LogP contribution is 2.23. The fourth-order valence-corrected chi connectivity index (χ4v) is 2.12. The number of hydrogen-bond donors (Lipinski definition) is 0. The molecule has 0 spiro atoms. The lowest BCUT2D eigenvalue weighted by atomic mass is 10.1. The van der Waals surface area contributed by atoms with Gasteiger partial charge in [0.15, 0.2) is 0 Å². The van der Waals surface area contributed by atoms with E-state index in [1.807, 2.05) is 6.07 Å². The Kier molecular flexibility index (Phi) is 5.57. The molecular weight excluding hydrogens is 260 g/mol. The van der Waals surface area contributed by atoms with Crippen molar-refractivity contribution in [1.82, 2.24) is 0 Å². The molecule has 102 valence electrons. The maximum absolute atomic E-state index is 6.06. The molecule has 1 heterocycles. The molecule has 0 aromatic heterocycles. The molecule has 19 heavy (non-hydrogen) atoms. The van der Waals surface area contributed by atoms with E-state index in [1.54, 1.807) is 0 Å². The summed E-state index contributed by atoms with van der Waals surface area (Å²) in [6, 6.07) is 6.13. The van der Waals surface area contributed by atoms with Gasteiger partial charge in [0.25, 0.3) is 0 Å². The van der Waals surface area contributed by atoms with E-state index >= 15 is 0 Å². The van der Waals surface area contributed by atoms with Crippen molar-refractivity contribution in [1.29, 1.82) is 0 Å². The van der Waals surface area contributed by atoms with Gasteiger partial charge >= 0.3 is 0 Å². The fraction of sp³-hybridized carbons (Fsp3) is 0.500. The smallest absolute Gasteiger partial charge is 0.135 e. The van der Waals surface area contributed by atoms with Gasteiger partial charge < -0.3 is 9.47 Å². The molecule has 0 aliphatic carbocycles. The molecule has 0 atom stereocenters. The average Bonchev–Trinajstić information content (AvgIpc) is 2.43. The SMILES string of the molecule is Cc1ccc(OC2CCOCC2)c(C#CCCCl)c1. The Balaban J connectivity index is 2.12. The van der Waals surface area contributed by atoms with Gasteiger partial charge in [0.05, 0.1) is 18.8 Å². The van der Waals surface area contributed by atoms with E-state index < -0.39 is 0 Å². The quantitative estimate of drug-likeness (QED) is 0.622. The molecule has 0 bridgehead atoms. The highest BCUT2D eigenvalue weighted by atomic mass is 35.5. The lowest BCUT2D eigenvalue weighted by Crippen LogP contribution is -2.26. The third-order valence-electron chi connectivity index (χ3n) is 3.04. The maximum Gasteiger partial charge on any atom is 0.135 e. The van der Waals surface area contributed by atoms with Gasteiger partial charge in [0.2, 0.25) is 0 Å². The van der Waals surface area contributed by atoms with Crippen LogP contribution in [-0.4, -0.2) is 25.2 Å².